The van der Waals surface area contributed by atoms with Gasteiger partial charge in [-0.25, -0.2) is 0 Å². The van der Waals surface area contributed by atoms with Crippen LogP contribution in [0.5, 0.6) is 5.75 Å². The summed E-state index contributed by atoms with van der Waals surface area (Å²) < 4.78 is 46.2. The average molecular weight is 487 g/mol. The molecule has 2 heterocycles. The van der Waals surface area contributed by atoms with Crippen LogP contribution in [0.3, 0.4) is 0 Å². The molecule has 0 saturated heterocycles. The number of aromatic nitrogens is 1. The zero-order valence-corrected chi connectivity index (χ0v) is 18.6. The van der Waals surface area contributed by atoms with Crippen molar-refractivity contribution in [3.63, 3.8) is 0 Å². The Labute approximate surface area is 197 Å². The van der Waals surface area contributed by atoms with E-state index in [1.54, 1.807) is 59.1 Å². The highest BCUT2D eigenvalue weighted by Crippen LogP contribution is 2.34. The highest BCUT2D eigenvalue weighted by Gasteiger charge is 2.32. The van der Waals surface area contributed by atoms with Crippen molar-refractivity contribution in [3.8, 4) is 16.9 Å². The van der Waals surface area contributed by atoms with Crippen LogP contribution in [0.1, 0.15) is 23.0 Å². The van der Waals surface area contributed by atoms with Gasteiger partial charge in [0.25, 0.3) is 11.7 Å². The number of alkyl halides is 3. The molecular weight excluding hydrogens is 469 g/mol. The molecule has 0 saturated carbocycles. The molecule has 0 aliphatic rings. The highest BCUT2D eigenvalue weighted by atomic mass is 35.5. The van der Waals surface area contributed by atoms with Gasteiger partial charge in [-0.15, -0.1) is 0 Å². The van der Waals surface area contributed by atoms with Crippen LogP contribution in [-0.2, 0) is 11.0 Å². The molecule has 2 aromatic carbocycles. The summed E-state index contributed by atoms with van der Waals surface area (Å²) in [5.74, 6) is -1.39. The molecule has 0 atom stereocenters. The Kier molecular flexibility index (Phi) is 6.34. The summed E-state index contributed by atoms with van der Waals surface area (Å²) in [7, 11) is 0. The van der Waals surface area contributed by atoms with Crippen molar-refractivity contribution in [2.75, 3.05) is 11.9 Å². The number of nitrogens with zero attached hydrogens (tertiary/aromatic N) is 1. The summed E-state index contributed by atoms with van der Waals surface area (Å²) in [5.41, 5.74) is 0.589. The van der Waals surface area contributed by atoms with Gasteiger partial charge >= 0.3 is 6.18 Å². The van der Waals surface area contributed by atoms with Crippen LogP contribution in [0.4, 0.5) is 18.9 Å². The van der Waals surface area contributed by atoms with Crippen molar-refractivity contribution in [3.05, 3.63) is 89.2 Å². The van der Waals surface area contributed by atoms with E-state index in [1.165, 1.54) is 0 Å². The number of Topliss-reactive ketones (excluding diaryl/α,β-unsaturated/α-hetero) is 1. The number of ether oxygens (including phenoxy) is 1. The first kappa shape index (κ1) is 23.4. The summed E-state index contributed by atoms with van der Waals surface area (Å²) in [6.07, 6.45) is -3.00. The first-order valence-corrected chi connectivity index (χ1v) is 10.6. The number of carbonyl (C=O) groups excluding carboxylic acids is 2. The fourth-order valence-corrected chi connectivity index (χ4v) is 3.72. The number of fused-ring (bicyclic) bond motifs is 1. The number of anilines is 1. The molecule has 4 aromatic rings. The average Bonchev–Trinajstić information content (AvgIpc) is 3.19. The Bertz CT molecular complexity index is 1380. The smallest absolute Gasteiger partial charge is 0.416 e. The third-order valence-electron chi connectivity index (χ3n) is 5.12. The first-order chi connectivity index (χ1) is 16.2. The third-order valence-corrected chi connectivity index (χ3v) is 5.45. The first-order valence-electron chi connectivity index (χ1n) is 10.2. The molecule has 174 valence electrons. The van der Waals surface area contributed by atoms with E-state index in [2.05, 4.69) is 5.32 Å². The summed E-state index contributed by atoms with van der Waals surface area (Å²) in [6, 6.07) is 16.5. The van der Waals surface area contributed by atoms with Crippen LogP contribution in [0.15, 0.2) is 72.9 Å². The van der Waals surface area contributed by atoms with Crippen LogP contribution in [0.2, 0.25) is 5.02 Å². The lowest BCUT2D eigenvalue weighted by Crippen LogP contribution is -2.25. The Balaban J connectivity index is 1.73. The fraction of sp³-hybridized carbons (Fsp3) is 0.120. The minimum Gasteiger partial charge on any atom is -0.494 e. The number of benzene rings is 2. The van der Waals surface area contributed by atoms with Gasteiger partial charge in [0.05, 0.1) is 22.9 Å². The van der Waals surface area contributed by atoms with Crippen molar-refractivity contribution in [2.24, 2.45) is 0 Å². The van der Waals surface area contributed by atoms with E-state index >= 15 is 0 Å². The quantitative estimate of drug-likeness (QED) is 0.250. The second kappa shape index (κ2) is 9.23. The molecule has 2 aromatic heterocycles. The second-order valence-electron chi connectivity index (χ2n) is 7.34. The van der Waals surface area contributed by atoms with E-state index in [4.69, 9.17) is 16.3 Å². The van der Waals surface area contributed by atoms with Crippen LogP contribution < -0.4 is 10.1 Å². The lowest BCUT2D eigenvalue weighted by atomic mass is 10.0. The Morgan fingerprint density at radius 1 is 1.03 bits per heavy atom. The van der Waals surface area contributed by atoms with E-state index in [0.29, 0.717) is 35.1 Å². The van der Waals surface area contributed by atoms with Gasteiger partial charge in [0.2, 0.25) is 0 Å². The van der Waals surface area contributed by atoms with E-state index in [9.17, 15) is 22.8 Å². The monoisotopic (exact) mass is 486 g/mol. The molecule has 0 radical (unpaired) electrons. The number of ketones is 1. The zero-order valence-electron chi connectivity index (χ0n) is 17.8. The summed E-state index contributed by atoms with van der Waals surface area (Å²) in [4.78, 5) is 26.1. The van der Waals surface area contributed by atoms with Crippen LogP contribution in [0.25, 0.3) is 16.6 Å². The van der Waals surface area contributed by atoms with Crippen LogP contribution >= 0.6 is 11.6 Å². The summed E-state index contributed by atoms with van der Waals surface area (Å²) in [5, 5.41) is 2.10. The molecule has 1 N–H and O–H groups in total. The van der Waals surface area contributed by atoms with Gasteiger partial charge in [-0.2, -0.15) is 13.2 Å². The van der Waals surface area contributed by atoms with Crippen LogP contribution in [-0.4, -0.2) is 22.7 Å². The number of halogens is 4. The van der Waals surface area contributed by atoms with E-state index in [0.717, 1.165) is 12.1 Å². The van der Waals surface area contributed by atoms with Gasteiger partial charge in [-0.05, 0) is 61.0 Å². The van der Waals surface area contributed by atoms with Crippen molar-refractivity contribution in [1.82, 2.24) is 4.40 Å². The summed E-state index contributed by atoms with van der Waals surface area (Å²) >= 11 is 5.97. The van der Waals surface area contributed by atoms with Crippen molar-refractivity contribution >= 4 is 34.5 Å². The number of carbonyl (C=O) groups is 2. The molecule has 0 bridgehead atoms. The Hall–Kier alpha value is -3.78. The van der Waals surface area contributed by atoms with Crippen molar-refractivity contribution < 1.29 is 27.5 Å². The van der Waals surface area contributed by atoms with E-state index < -0.39 is 23.4 Å². The van der Waals surface area contributed by atoms with Gasteiger partial charge in [0, 0.05) is 17.3 Å². The minimum atomic E-state index is -4.63. The minimum absolute atomic E-state index is 0.0698. The third kappa shape index (κ3) is 4.63. The Morgan fingerprint density at radius 3 is 2.44 bits per heavy atom. The maximum absolute atomic E-state index is 13.3. The highest BCUT2D eigenvalue weighted by molar-refractivity contribution is 6.48. The molecule has 4 rings (SSSR count). The number of hydrogen-bond donors (Lipinski definition) is 1. The van der Waals surface area contributed by atoms with Crippen molar-refractivity contribution in [1.29, 1.82) is 0 Å². The normalized spacial score (nSPS) is 11.4. The van der Waals surface area contributed by atoms with Gasteiger partial charge in [-0.3, -0.25) is 9.59 Å². The maximum atomic E-state index is 13.3. The predicted molar refractivity (Wildman–Crippen MR) is 123 cm³/mol. The molecule has 0 spiro atoms. The van der Waals surface area contributed by atoms with Crippen molar-refractivity contribution in [2.45, 2.75) is 13.1 Å². The zero-order chi connectivity index (χ0) is 24.5. The molecule has 34 heavy (non-hydrogen) atoms. The molecule has 9 heteroatoms. The largest absolute Gasteiger partial charge is 0.494 e. The fourth-order valence-electron chi connectivity index (χ4n) is 3.56. The number of hydrogen-bond acceptors (Lipinski definition) is 3. The van der Waals surface area contributed by atoms with Gasteiger partial charge in [0.15, 0.2) is 0 Å². The molecule has 0 fully saturated rings. The predicted octanol–water partition coefficient (Wildman–Crippen LogP) is 6.50. The molecular formula is C25H18ClF3N2O3. The Morgan fingerprint density at radius 2 is 1.76 bits per heavy atom. The SMILES string of the molecule is CCOc1ccc(-c2cc3ccccn3c2C(=O)C(=O)Nc2cc(C(F)(F)F)ccc2Cl)cc1. The van der Waals surface area contributed by atoms with Gasteiger partial charge in [0.1, 0.15) is 11.4 Å². The second-order valence-corrected chi connectivity index (χ2v) is 7.74. The van der Waals surface area contributed by atoms with Gasteiger partial charge < -0.3 is 14.5 Å². The van der Waals surface area contributed by atoms with Gasteiger partial charge in [-0.1, -0.05) is 29.8 Å². The summed E-state index contributed by atoms with van der Waals surface area (Å²) in [6.45, 7) is 2.36. The molecule has 0 aliphatic carbocycles. The standard InChI is InChI=1S/C25H18ClF3N2O3/c1-2-34-18-9-6-15(7-10-18)19-14-17-5-3-4-12-31(17)22(19)23(32)24(33)30-21-13-16(25(27,28)29)8-11-20(21)26/h3-14H,2H2,1H3,(H,30,33). The lowest BCUT2D eigenvalue weighted by Gasteiger charge is -2.12. The maximum Gasteiger partial charge on any atom is 0.416 e. The molecule has 0 aliphatic heterocycles. The topological polar surface area (TPSA) is 59.8 Å². The number of rotatable bonds is 6. The molecule has 1 amide bonds. The lowest BCUT2D eigenvalue weighted by molar-refractivity contribution is -0.137. The molecule has 0 unspecified atom stereocenters. The van der Waals surface area contributed by atoms with Crippen LogP contribution in [0, 0.1) is 0 Å². The van der Waals surface area contributed by atoms with E-state index in [1.807, 2.05) is 6.92 Å². The number of amides is 1. The number of nitrogens with one attached hydrogen (secondary N) is 1. The molecule has 5 nitrogen and oxygen atoms in total. The number of pyridine rings is 1. The van der Waals surface area contributed by atoms with E-state index in [-0.39, 0.29) is 16.4 Å².